The fraction of sp³-hybridized carbons (Fsp3) is 0.462. The van der Waals surface area contributed by atoms with E-state index in [0.29, 0.717) is 0 Å². The summed E-state index contributed by atoms with van der Waals surface area (Å²) in [5.74, 6) is 2.57. The molecule has 1 saturated heterocycles. The molecule has 100 valence electrons. The lowest BCUT2D eigenvalue weighted by atomic mass is 9.97. The van der Waals surface area contributed by atoms with Crippen LogP contribution in [0.15, 0.2) is 24.5 Å². The van der Waals surface area contributed by atoms with E-state index in [9.17, 15) is 0 Å². The van der Waals surface area contributed by atoms with Gasteiger partial charge in [0.15, 0.2) is 11.6 Å². The van der Waals surface area contributed by atoms with Crippen LogP contribution < -0.4 is 4.90 Å². The van der Waals surface area contributed by atoms with Crippen LogP contribution in [0.25, 0.3) is 5.82 Å². The Bertz CT molecular complexity index is 571. The van der Waals surface area contributed by atoms with E-state index in [4.69, 9.17) is 4.74 Å². The van der Waals surface area contributed by atoms with Gasteiger partial charge in [0, 0.05) is 19.5 Å². The highest BCUT2D eigenvalue weighted by molar-refractivity contribution is 5.44. The second-order valence-electron chi connectivity index (χ2n) is 5.10. The fourth-order valence-electron chi connectivity index (χ4n) is 2.29. The molecule has 1 fully saturated rings. The Balaban J connectivity index is 1.76. The van der Waals surface area contributed by atoms with E-state index in [1.165, 1.54) is 0 Å². The average molecular weight is 259 g/mol. The van der Waals surface area contributed by atoms with Crippen molar-refractivity contribution in [1.82, 2.24) is 19.7 Å². The van der Waals surface area contributed by atoms with Gasteiger partial charge in [-0.25, -0.2) is 4.98 Å². The minimum absolute atomic E-state index is 0.0543. The number of imidazole rings is 1. The van der Waals surface area contributed by atoms with Crippen LogP contribution in [0, 0.1) is 6.92 Å². The molecular weight excluding hydrogens is 242 g/mol. The molecule has 19 heavy (non-hydrogen) atoms. The number of methoxy groups -OCH3 is 1. The lowest BCUT2D eigenvalue weighted by Crippen LogP contribution is -2.61. The van der Waals surface area contributed by atoms with E-state index in [-0.39, 0.29) is 5.60 Å². The maximum Gasteiger partial charge on any atom is 0.160 e. The molecule has 3 heterocycles. The van der Waals surface area contributed by atoms with Gasteiger partial charge in [0.2, 0.25) is 0 Å². The summed E-state index contributed by atoms with van der Waals surface area (Å²) in [6, 6.07) is 3.94. The molecule has 1 aliphatic rings. The fourth-order valence-corrected chi connectivity index (χ4v) is 2.29. The van der Waals surface area contributed by atoms with Crippen molar-refractivity contribution < 1.29 is 4.74 Å². The lowest BCUT2D eigenvalue weighted by Gasteiger charge is -2.47. The number of hydrogen-bond donors (Lipinski definition) is 0. The predicted molar refractivity (Wildman–Crippen MR) is 71.5 cm³/mol. The summed E-state index contributed by atoms with van der Waals surface area (Å²) in [5, 5.41) is 8.52. The van der Waals surface area contributed by atoms with Gasteiger partial charge in [0.25, 0.3) is 0 Å². The number of aromatic nitrogens is 4. The molecule has 2 aromatic heterocycles. The summed E-state index contributed by atoms with van der Waals surface area (Å²) in [5.41, 5.74) is -0.0543. The van der Waals surface area contributed by atoms with Crippen LogP contribution in [-0.2, 0) is 4.74 Å². The zero-order valence-corrected chi connectivity index (χ0v) is 11.4. The standard InChI is InChI=1S/C13H17N5O/c1-10-14-6-7-18(10)12-5-4-11(15-16-12)17-8-13(2,9-17)19-3/h4-7H,8-9H2,1-3H3. The molecular formula is C13H17N5O. The van der Waals surface area contributed by atoms with E-state index in [1.807, 2.05) is 29.8 Å². The molecule has 1 aliphatic heterocycles. The van der Waals surface area contributed by atoms with E-state index < -0.39 is 0 Å². The minimum atomic E-state index is -0.0543. The van der Waals surface area contributed by atoms with Crippen molar-refractivity contribution in [2.75, 3.05) is 25.1 Å². The number of rotatable bonds is 3. The minimum Gasteiger partial charge on any atom is -0.375 e. The normalized spacial score (nSPS) is 17.3. The van der Waals surface area contributed by atoms with Gasteiger partial charge in [-0.2, -0.15) is 0 Å². The smallest absolute Gasteiger partial charge is 0.160 e. The summed E-state index contributed by atoms with van der Waals surface area (Å²) >= 11 is 0. The Kier molecular flexibility index (Phi) is 2.74. The van der Waals surface area contributed by atoms with Crippen LogP contribution in [0.4, 0.5) is 5.82 Å². The second kappa shape index (κ2) is 4.31. The molecule has 0 N–H and O–H groups in total. The first-order valence-electron chi connectivity index (χ1n) is 6.25. The van der Waals surface area contributed by atoms with E-state index in [1.54, 1.807) is 13.3 Å². The van der Waals surface area contributed by atoms with Gasteiger partial charge in [-0.3, -0.25) is 4.57 Å². The van der Waals surface area contributed by atoms with Gasteiger partial charge < -0.3 is 9.64 Å². The van der Waals surface area contributed by atoms with Crippen LogP contribution in [0.1, 0.15) is 12.7 Å². The topological polar surface area (TPSA) is 56.1 Å². The summed E-state index contributed by atoms with van der Waals surface area (Å²) in [7, 11) is 1.74. The molecule has 0 radical (unpaired) electrons. The number of ether oxygens (including phenoxy) is 1. The molecule has 0 aliphatic carbocycles. The van der Waals surface area contributed by atoms with Crippen molar-refractivity contribution in [3.05, 3.63) is 30.4 Å². The summed E-state index contributed by atoms with van der Waals surface area (Å²) in [6.07, 6.45) is 3.63. The largest absolute Gasteiger partial charge is 0.375 e. The molecule has 0 aromatic carbocycles. The highest BCUT2D eigenvalue weighted by Crippen LogP contribution is 2.28. The summed E-state index contributed by atoms with van der Waals surface area (Å²) in [4.78, 5) is 6.33. The monoisotopic (exact) mass is 259 g/mol. The number of hydrogen-bond acceptors (Lipinski definition) is 5. The molecule has 3 rings (SSSR count). The van der Waals surface area contributed by atoms with Gasteiger partial charge >= 0.3 is 0 Å². The Morgan fingerprint density at radius 3 is 2.42 bits per heavy atom. The van der Waals surface area contributed by atoms with Crippen LogP contribution in [0.3, 0.4) is 0 Å². The number of anilines is 1. The van der Waals surface area contributed by atoms with Crippen molar-refractivity contribution in [1.29, 1.82) is 0 Å². The number of aryl methyl sites for hydroxylation is 1. The van der Waals surface area contributed by atoms with Crippen molar-refractivity contribution in [3.8, 4) is 5.82 Å². The maximum absolute atomic E-state index is 5.42. The highest BCUT2D eigenvalue weighted by Gasteiger charge is 2.39. The third-order valence-corrected chi connectivity index (χ3v) is 3.58. The second-order valence-corrected chi connectivity index (χ2v) is 5.10. The zero-order valence-electron chi connectivity index (χ0n) is 11.4. The maximum atomic E-state index is 5.42. The van der Waals surface area contributed by atoms with E-state index in [0.717, 1.165) is 30.5 Å². The summed E-state index contributed by atoms with van der Waals surface area (Å²) < 4.78 is 7.33. The molecule has 6 nitrogen and oxygen atoms in total. The van der Waals surface area contributed by atoms with Gasteiger partial charge in [-0.1, -0.05) is 0 Å². The molecule has 0 spiro atoms. The van der Waals surface area contributed by atoms with E-state index in [2.05, 4.69) is 27.0 Å². The van der Waals surface area contributed by atoms with Gasteiger partial charge in [0.05, 0.1) is 18.7 Å². The molecule has 0 amide bonds. The molecule has 0 unspecified atom stereocenters. The van der Waals surface area contributed by atoms with Crippen LogP contribution in [-0.4, -0.2) is 45.5 Å². The lowest BCUT2D eigenvalue weighted by molar-refractivity contribution is -0.0172. The molecule has 0 bridgehead atoms. The third-order valence-electron chi connectivity index (χ3n) is 3.58. The predicted octanol–water partition coefficient (Wildman–Crippen LogP) is 1.20. The first kappa shape index (κ1) is 12.1. The van der Waals surface area contributed by atoms with Crippen LogP contribution >= 0.6 is 0 Å². The molecule has 6 heteroatoms. The first-order chi connectivity index (χ1) is 9.11. The number of nitrogens with zero attached hydrogens (tertiary/aromatic N) is 5. The average Bonchev–Trinajstić information content (AvgIpc) is 2.82. The van der Waals surface area contributed by atoms with Crippen molar-refractivity contribution >= 4 is 5.82 Å². The Labute approximate surface area is 112 Å². The van der Waals surface area contributed by atoms with Gasteiger partial charge in [-0.15, -0.1) is 10.2 Å². The van der Waals surface area contributed by atoms with Crippen LogP contribution in [0.2, 0.25) is 0 Å². The summed E-state index contributed by atoms with van der Waals surface area (Å²) in [6.45, 7) is 5.73. The molecule has 2 aromatic rings. The van der Waals surface area contributed by atoms with E-state index >= 15 is 0 Å². The Morgan fingerprint density at radius 1 is 1.21 bits per heavy atom. The SMILES string of the molecule is COC1(C)CN(c2ccc(-n3ccnc3C)nn2)C1. The van der Waals surface area contributed by atoms with Gasteiger partial charge in [-0.05, 0) is 26.0 Å². The Morgan fingerprint density at radius 2 is 1.89 bits per heavy atom. The quantitative estimate of drug-likeness (QED) is 0.829. The van der Waals surface area contributed by atoms with Crippen LogP contribution in [0.5, 0.6) is 0 Å². The van der Waals surface area contributed by atoms with Crippen molar-refractivity contribution in [3.63, 3.8) is 0 Å². The first-order valence-corrected chi connectivity index (χ1v) is 6.25. The Hall–Kier alpha value is -1.95. The molecule has 0 saturated carbocycles. The highest BCUT2D eigenvalue weighted by atomic mass is 16.5. The van der Waals surface area contributed by atoms with Crippen molar-refractivity contribution in [2.45, 2.75) is 19.4 Å². The van der Waals surface area contributed by atoms with Crippen molar-refractivity contribution in [2.24, 2.45) is 0 Å². The third kappa shape index (κ3) is 2.08. The zero-order chi connectivity index (χ0) is 13.5. The van der Waals surface area contributed by atoms with Gasteiger partial charge in [0.1, 0.15) is 5.82 Å². The molecule has 0 atom stereocenters.